The quantitative estimate of drug-likeness (QED) is 0.903. The van der Waals surface area contributed by atoms with Crippen LogP contribution in [0.3, 0.4) is 0 Å². The van der Waals surface area contributed by atoms with E-state index in [1.54, 1.807) is 38.4 Å². The molecule has 3 rings (SSSR count). The number of rotatable bonds is 4. The Morgan fingerprint density at radius 1 is 1.30 bits per heavy atom. The summed E-state index contributed by atoms with van der Waals surface area (Å²) in [6.07, 6.45) is 2.27. The highest BCUT2D eigenvalue weighted by Crippen LogP contribution is 2.39. The second-order valence-corrected chi connectivity index (χ2v) is 6.24. The average Bonchev–Trinajstić information content (AvgIpc) is 3.25. The number of anilines is 1. The first-order valence-corrected chi connectivity index (χ1v) is 7.71. The molecular weight excluding hydrogens is 316 g/mol. The number of aromatic amines is 1. The second kappa shape index (κ2) is 6.04. The molecule has 0 spiro atoms. The van der Waals surface area contributed by atoms with Crippen molar-refractivity contribution in [3.63, 3.8) is 0 Å². The Bertz CT molecular complexity index is 765. The maximum atomic E-state index is 12.2. The minimum absolute atomic E-state index is 0.220. The normalized spacial score (nSPS) is 13.7. The van der Waals surface area contributed by atoms with Crippen LogP contribution in [0, 0.1) is 0 Å². The second-order valence-electron chi connectivity index (χ2n) is 5.83. The number of carbonyl (C=O) groups is 2. The van der Waals surface area contributed by atoms with Gasteiger partial charge in [-0.25, -0.2) is 0 Å². The minimum Gasteiger partial charge on any atom is -0.345 e. The Morgan fingerprint density at radius 2 is 2.04 bits per heavy atom. The lowest BCUT2D eigenvalue weighted by Crippen LogP contribution is -2.22. The topological polar surface area (TPSA) is 78.1 Å². The van der Waals surface area contributed by atoms with E-state index in [0.29, 0.717) is 27.9 Å². The summed E-state index contributed by atoms with van der Waals surface area (Å²) in [7, 11) is 3.29. The van der Waals surface area contributed by atoms with Gasteiger partial charge in [-0.2, -0.15) is 5.10 Å². The number of amides is 2. The van der Waals surface area contributed by atoms with Crippen LogP contribution in [-0.4, -0.2) is 41.0 Å². The fourth-order valence-electron chi connectivity index (χ4n) is 2.26. The summed E-state index contributed by atoms with van der Waals surface area (Å²) in [5, 5.41) is 10.0. The van der Waals surface area contributed by atoms with E-state index in [-0.39, 0.29) is 11.8 Å². The minimum atomic E-state index is -0.321. The van der Waals surface area contributed by atoms with Gasteiger partial charge in [-0.1, -0.05) is 11.6 Å². The number of halogens is 1. The number of nitrogens with zero attached hydrogens (tertiary/aromatic N) is 2. The van der Waals surface area contributed by atoms with Gasteiger partial charge >= 0.3 is 0 Å². The molecule has 2 amide bonds. The Balaban J connectivity index is 1.77. The summed E-state index contributed by atoms with van der Waals surface area (Å²) in [5.74, 6) is -0.0375. The molecule has 1 saturated carbocycles. The summed E-state index contributed by atoms with van der Waals surface area (Å²) in [5.41, 5.74) is 2.17. The van der Waals surface area contributed by atoms with Crippen molar-refractivity contribution in [2.24, 2.45) is 0 Å². The zero-order valence-electron chi connectivity index (χ0n) is 12.9. The largest absolute Gasteiger partial charge is 0.345 e. The van der Waals surface area contributed by atoms with E-state index in [0.717, 1.165) is 18.5 Å². The molecule has 7 heteroatoms. The predicted molar refractivity (Wildman–Crippen MR) is 88.0 cm³/mol. The van der Waals surface area contributed by atoms with Gasteiger partial charge in [0.1, 0.15) is 0 Å². The number of nitrogens with one attached hydrogen (secondary N) is 2. The third kappa shape index (κ3) is 3.37. The third-order valence-corrected chi connectivity index (χ3v) is 4.04. The van der Waals surface area contributed by atoms with Crippen LogP contribution in [0.2, 0.25) is 5.02 Å². The zero-order valence-corrected chi connectivity index (χ0v) is 13.6. The van der Waals surface area contributed by atoms with E-state index in [1.165, 1.54) is 4.90 Å². The molecule has 1 fully saturated rings. The summed E-state index contributed by atoms with van der Waals surface area (Å²) < 4.78 is 0. The Labute approximate surface area is 138 Å². The van der Waals surface area contributed by atoms with E-state index >= 15 is 0 Å². The molecule has 6 nitrogen and oxygen atoms in total. The molecule has 1 aromatic carbocycles. The lowest BCUT2D eigenvalue weighted by Gasteiger charge is -2.13. The Kier molecular flexibility index (Phi) is 4.09. The Hall–Kier alpha value is -2.34. The summed E-state index contributed by atoms with van der Waals surface area (Å²) >= 11 is 6.06. The van der Waals surface area contributed by atoms with E-state index in [2.05, 4.69) is 15.5 Å². The van der Waals surface area contributed by atoms with Crippen LogP contribution < -0.4 is 5.32 Å². The lowest BCUT2D eigenvalue weighted by molar-refractivity contribution is 0.0827. The number of hydrogen-bond acceptors (Lipinski definition) is 3. The van der Waals surface area contributed by atoms with Crippen molar-refractivity contribution >= 4 is 29.1 Å². The first kappa shape index (κ1) is 15.6. The van der Waals surface area contributed by atoms with Gasteiger partial charge in [-0.05, 0) is 37.1 Å². The van der Waals surface area contributed by atoms with Crippen molar-refractivity contribution in [3.05, 3.63) is 46.2 Å². The molecular formula is C16H17ClN4O2. The van der Waals surface area contributed by atoms with Crippen molar-refractivity contribution in [3.8, 4) is 0 Å². The molecule has 1 aliphatic carbocycles. The molecule has 120 valence electrons. The smallest absolute Gasteiger partial charge is 0.276 e. The monoisotopic (exact) mass is 332 g/mol. The molecule has 0 aliphatic heterocycles. The van der Waals surface area contributed by atoms with Crippen molar-refractivity contribution in [2.45, 2.75) is 18.8 Å². The molecule has 1 aromatic heterocycles. The molecule has 2 aromatic rings. The van der Waals surface area contributed by atoms with Crippen LogP contribution in [-0.2, 0) is 0 Å². The van der Waals surface area contributed by atoms with Gasteiger partial charge in [0, 0.05) is 31.4 Å². The molecule has 0 saturated heterocycles. The van der Waals surface area contributed by atoms with Crippen LogP contribution in [0.1, 0.15) is 45.3 Å². The van der Waals surface area contributed by atoms with E-state index < -0.39 is 0 Å². The van der Waals surface area contributed by atoms with Gasteiger partial charge in [0.05, 0.1) is 10.6 Å². The van der Waals surface area contributed by atoms with Crippen molar-refractivity contribution in [2.75, 3.05) is 19.4 Å². The number of aromatic nitrogens is 2. The van der Waals surface area contributed by atoms with E-state index in [4.69, 9.17) is 11.6 Å². The maximum absolute atomic E-state index is 12.2. The fraction of sp³-hybridized carbons (Fsp3) is 0.312. The Morgan fingerprint density at radius 3 is 2.70 bits per heavy atom. The number of carbonyl (C=O) groups excluding carboxylic acids is 2. The summed E-state index contributed by atoms with van der Waals surface area (Å²) in [6.45, 7) is 0. The molecule has 23 heavy (non-hydrogen) atoms. The molecule has 2 N–H and O–H groups in total. The molecule has 0 unspecified atom stereocenters. The molecule has 0 atom stereocenters. The van der Waals surface area contributed by atoms with Crippen molar-refractivity contribution in [1.29, 1.82) is 0 Å². The third-order valence-electron chi connectivity index (χ3n) is 3.71. The first-order chi connectivity index (χ1) is 11.0. The number of hydrogen-bond donors (Lipinski definition) is 2. The highest BCUT2D eigenvalue weighted by molar-refractivity contribution is 6.34. The average molecular weight is 333 g/mol. The van der Waals surface area contributed by atoms with E-state index in [9.17, 15) is 9.59 Å². The highest BCUT2D eigenvalue weighted by atomic mass is 35.5. The van der Waals surface area contributed by atoms with Gasteiger partial charge in [0.25, 0.3) is 11.8 Å². The predicted octanol–water partition coefficient (Wildman–Crippen LogP) is 2.89. The summed E-state index contributed by atoms with van der Waals surface area (Å²) in [4.78, 5) is 25.8. The molecule has 0 bridgehead atoms. The number of benzene rings is 1. The van der Waals surface area contributed by atoms with Crippen LogP contribution in [0.15, 0.2) is 24.3 Å². The van der Waals surface area contributed by atoms with Crippen LogP contribution in [0.5, 0.6) is 0 Å². The van der Waals surface area contributed by atoms with Gasteiger partial charge in [0.2, 0.25) is 0 Å². The van der Waals surface area contributed by atoms with Gasteiger partial charge in [-0.15, -0.1) is 0 Å². The van der Waals surface area contributed by atoms with Crippen LogP contribution >= 0.6 is 11.6 Å². The van der Waals surface area contributed by atoms with Crippen molar-refractivity contribution < 1.29 is 9.59 Å². The maximum Gasteiger partial charge on any atom is 0.276 e. The standard InChI is InChI=1S/C16H17ClN4O2/c1-21(2)16(23)11-7-10(5-6-12(11)17)18-15(22)14-8-13(19-20-14)9-3-4-9/h5-9H,3-4H2,1-2H3,(H,18,22)(H,19,20). The number of H-pyrrole nitrogens is 1. The van der Waals surface area contributed by atoms with Crippen molar-refractivity contribution in [1.82, 2.24) is 15.1 Å². The molecule has 0 radical (unpaired) electrons. The SMILES string of the molecule is CN(C)C(=O)c1cc(NC(=O)c2cc(C3CC3)[nH]n2)ccc1Cl. The first-order valence-electron chi connectivity index (χ1n) is 7.33. The zero-order chi connectivity index (χ0) is 16.6. The van der Waals surface area contributed by atoms with Gasteiger partial charge in [0.15, 0.2) is 5.69 Å². The lowest BCUT2D eigenvalue weighted by atomic mass is 10.1. The van der Waals surface area contributed by atoms with Gasteiger partial charge in [-0.3, -0.25) is 14.7 Å². The van der Waals surface area contributed by atoms with Crippen LogP contribution in [0.25, 0.3) is 0 Å². The fourth-order valence-corrected chi connectivity index (χ4v) is 2.46. The highest BCUT2D eigenvalue weighted by Gasteiger charge is 2.26. The van der Waals surface area contributed by atoms with Crippen LogP contribution in [0.4, 0.5) is 5.69 Å². The molecule has 1 aliphatic rings. The van der Waals surface area contributed by atoms with Gasteiger partial charge < -0.3 is 10.2 Å². The molecule has 1 heterocycles. The summed E-state index contributed by atoms with van der Waals surface area (Å²) in [6, 6.07) is 6.58. The van der Waals surface area contributed by atoms with E-state index in [1.807, 2.05) is 0 Å².